The quantitative estimate of drug-likeness (QED) is 0.545. The Kier molecular flexibility index (Phi) is 3.84. The van der Waals surface area contributed by atoms with Gasteiger partial charge in [0.25, 0.3) is 0 Å². The zero-order valence-electron chi connectivity index (χ0n) is 11.8. The second-order valence-electron chi connectivity index (χ2n) is 4.80. The molecule has 0 bridgehead atoms. The second kappa shape index (κ2) is 6.11. The smallest absolute Gasteiger partial charge is 0.123 e. The van der Waals surface area contributed by atoms with Crippen LogP contribution in [0, 0.1) is 17.7 Å². The van der Waals surface area contributed by atoms with Gasteiger partial charge in [-0.05, 0) is 59.7 Å². The molecular weight excluding hydrogens is 275 g/mol. The van der Waals surface area contributed by atoms with Crippen LogP contribution in [0.5, 0.6) is 0 Å². The molecule has 22 heavy (non-hydrogen) atoms. The molecule has 0 aliphatic carbocycles. The average Bonchev–Trinajstić information content (AvgIpc) is 2.55. The zero-order valence-corrected chi connectivity index (χ0v) is 11.8. The van der Waals surface area contributed by atoms with Crippen molar-refractivity contribution in [2.24, 2.45) is 0 Å². The van der Waals surface area contributed by atoms with Crippen LogP contribution in [0.1, 0.15) is 11.1 Å². The van der Waals surface area contributed by atoms with Crippen LogP contribution in [-0.4, -0.2) is 4.98 Å². The van der Waals surface area contributed by atoms with Crippen molar-refractivity contribution < 1.29 is 4.39 Å². The second-order valence-corrected chi connectivity index (χ2v) is 4.80. The third-order valence-electron chi connectivity index (χ3n) is 3.22. The largest absolute Gasteiger partial charge is 0.399 e. The normalized spacial score (nSPS) is 9.86. The van der Waals surface area contributed by atoms with Gasteiger partial charge < -0.3 is 5.73 Å². The lowest BCUT2D eigenvalue weighted by atomic mass is 10.00. The Bertz CT molecular complexity index is 844. The third-order valence-corrected chi connectivity index (χ3v) is 3.22. The average molecular weight is 288 g/mol. The highest BCUT2D eigenvalue weighted by Crippen LogP contribution is 2.24. The van der Waals surface area contributed by atoms with Crippen LogP contribution >= 0.6 is 0 Å². The molecule has 106 valence electrons. The molecule has 3 aromatic rings. The molecule has 0 amide bonds. The van der Waals surface area contributed by atoms with E-state index in [2.05, 4.69) is 16.8 Å². The van der Waals surface area contributed by atoms with Gasteiger partial charge >= 0.3 is 0 Å². The number of halogens is 1. The van der Waals surface area contributed by atoms with Gasteiger partial charge in [-0.15, -0.1) is 0 Å². The standard InChI is InChI=1S/C19H13FN2/c20-17-5-2-14(3-6-17)1-4-16-13-18(21)7-8-19(16)15-9-11-22-12-10-15/h2-3,5-13H,21H2. The molecule has 0 spiro atoms. The van der Waals surface area contributed by atoms with Crippen molar-refractivity contribution in [1.29, 1.82) is 0 Å². The fraction of sp³-hybridized carbons (Fsp3) is 0. The number of rotatable bonds is 1. The monoisotopic (exact) mass is 288 g/mol. The number of anilines is 1. The van der Waals surface area contributed by atoms with Gasteiger partial charge in [-0.1, -0.05) is 17.9 Å². The molecule has 0 saturated carbocycles. The van der Waals surface area contributed by atoms with Crippen molar-refractivity contribution in [1.82, 2.24) is 4.98 Å². The minimum absolute atomic E-state index is 0.271. The van der Waals surface area contributed by atoms with E-state index >= 15 is 0 Å². The van der Waals surface area contributed by atoms with E-state index in [4.69, 9.17) is 5.73 Å². The molecule has 0 atom stereocenters. The van der Waals surface area contributed by atoms with Crippen LogP contribution in [-0.2, 0) is 0 Å². The molecule has 0 aliphatic rings. The van der Waals surface area contributed by atoms with Crippen molar-refractivity contribution in [2.75, 3.05) is 5.73 Å². The van der Waals surface area contributed by atoms with Gasteiger partial charge in [0, 0.05) is 29.2 Å². The predicted octanol–water partition coefficient (Wildman–Crippen LogP) is 3.87. The summed E-state index contributed by atoms with van der Waals surface area (Å²) in [5.41, 5.74) is 10.1. The first kappa shape index (κ1) is 13.8. The summed E-state index contributed by atoms with van der Waals surface area (Å²) in [6.45, 7) is 0. The van der Waals surface area contributed by atoms with E-state index in [0.29, 0.717) is 5.69 Å². The molecule has 0 saturated heterocycles. The van der Waals surface area contributed by atoms with E-state index < -0.39 is 0 Å². The maximum atomic E-state index is 12.9. The van der Waals surface area contributed by atoms with E-state index in [1.807, 2.05) is 30.3 Å². The molecule has 3 heteroatoms. The number of nitrogen functional groups attached to an aromatic ring is 1. The topological polar surface area (TPSA) is 38.9 Å². The maximum Gasteiger partial charge on any atom is 0.123 e. The summed E-state index contributed by atoms with van der Waals surface area (Å²) in [6.07, 6.45) is 3.48. The first-order valence-electron chi connectivity index (χ1n) is 6.80. The van der Waals surface area contributed by atoms with Crippen LogP contribution in [0.15, 0.2) is 67.0 Å². The molecule has 1 aromatic heterocycles. The summed E-state index contributed by atoms with van der Waals surface area (Å²) in [4.78, 5) is 4.02. The highest BCUT2D eigenvalue weighted by Gasteiger charge is 2.03. The van der Waals surface area contributed by atoms with Crippen LogP contribution in [0.4, 0.5) is 10.1 Å². The van der Waals surface area contributed by atoms with E-state index in [-0.39, 0.29) is 5.82 Å². The number of benzene rings is 2. The maximum absolute atomic E-state index is 12.9. The van der Waals surface area contributed by atoms with Gasteiger partial charge in [0.1, 0.15) is 5.82 Å². The number of aromatic nitrogens is 1. The molecule has 2 aromatic carbocycles. The Hall–Kier alpha value is -3.12. The van der Waals surface area contributed by atoms with Crippen LogP contribution < -0.4 is 5.73 Å². The molecule has 0 aliphatic heterocycles. The highest BCUT2D eigenvalue weighted by atomic mass is 19.1. The van der Waals surface area contributed by atoms with Crippen molar-refractivity contribution >= 4 is 5.69 Å². The zero-order chi connectivity index (χ0) is 15.4. The van der Waals surface area contributed by atoms with E-state index in [0.717, 1.165) is 22.3 Å². The summed E-state index contributed by atoms with van der Waals surface area (Å²) >= 11 is 0. The Morgan fingerprint density at radius 3 is 2.32 bits per heavy atom. The minimum atomic E-state index is -0.271. The first-order valence-corrected chi connectivity index (χ1v) is 6.80. The van der Waals surface area contributed by atoms with Crippen molar-refractivity contribution in [2.45, 2.75) is 0 Å². The Labute approximate surface area is 128 Å². The molecule has 2 N–H and O–H groups in total. The SMILES string of the molecule is Nc1ccc(-c2ccncc2)c(C#Cc2ccc(F)cc2)c1. The lowest BCUT2D eigenvalue weighted by Crippen LogP contribution is -1.90. The van der Waals surface area contributed by atoms with E-state index in [9.17, 15) is 4.39 Å². The van der Waals surface area contributed by atoms with Gasteiger partial charge in [0.15, 0.2) is 0 Å². The molecule has 1 heterocycles. The van der Waals surface area contributed by atoms with E-state index in [1.165, 1.54) is 12.1 Å². The van der Waals surface area contributed by atoms with E-state index in [1.54, 1.807) is 24.5 Å². The fourth-order valence-corrected chi connectivity index (χ4v) is 2.12. The summed E-state index contributed by atoms with van der Waals surface area (Å²) in [5.74, 6) is 5.88. The number of pyridine rings is 1. The van der Waals surface area contributed by atoms with Crippen molar-refractivity contribution in [3.63, 3.8) is 0 Å². The molecule has 0 fully saturated rings. The molecule has 2 nitrogen and oxygen atoms in total. The van der Waals surface area contributed by atoms with Crippen LogP contribution in [0.3, 0.4) is 0 Å². The van der Waals surface area contributed by atoms with Crippen molar-refractivity contribution in [3.8, 4) is 23.0 Å². The lowest BCUT2D eigenvalue weighted by Gasteiger charge is -2.05. The lowest BCUT2D eigenvalue weighted by molar-refractivity contribution is 0.627. The number of hydrogen-bond acceptors (Lipinski definition) is 2. The van der Waals surface area contributed by atoms with Crippen LogP contribution in [0.2, 0.25) is 0 Å². The summed E-state index contributed by atoms with van der Waals surface area (Å²) in [5, 5.41) is 0. The molecule has 0 radical (unpaired) electrons. The molecule has 3 rings (SSSR count). The fourth-order valence-electron chi connectivity index (χ4n) is 2.12. The van der Waals surface area contributed by atoms with Gasteiger partial charge in [0.05, 0.1) is 0 Å². The Morgan fingerprint density at radius 1 is 0.864 bits per heavy atom. The molecule has 0 unspecified atom stereocenters. The Balaban J connectivity index is 2.04. The Morgan fingerprint density at radius 2 is 1.59 bits per heavy atom. The van der Waals surface area contributed by atoms with Gasteiger partial charge in [-0.2, -0.15) is 0 Å². The van der Waals surface area contributed by atoms with Gasteiger partial charge in [0.2, 0.25) is 0 Å². The molecular formula is C19H13FN2. The summed E-state index contributed by atoms with van der Waals surface area (Å²) in [6, 6.07) is 15.6. The minimum Gasteiger partial charge on any atom is -0.399 e. The van der Waals surface area contributed by atoms with Gasteiger partial charge in [-0.25, -0.2) is 4.39 Å². The summed E-state index contributed by atoms with van der Waals surface area (Å²) in [7, 11) is 0. The number of nitrogens with two attached hydrogens (primary N) is 1. The number of nitrogens with zero attached hydrogens (tertiary/aromatic N) is 1. The predicted molar refractivity (Wildman–Crippen MR) is 86.5 cm³/mol. The third kappa shape index (κ3) is 3.13. The number of hydrogen-bond donors (Lipinski definition) is 1. The summed E-state index contributed by atoms with van der Waals surface area (Å²) < 4.78 is 12.9. The highest BCUT2D eigenvalue weighted by molar-refractivity contribution is 5.73. The van der Waals surface area contributed by atoms with Crippen LogP contribution in [0.25, 0.3) is 11.1 Å². The van der Waals surface area contributed by atoms with Crippen molar-refractivity contribution in [3.05, 3.63) is 83.9 Å². The first-order chi connectivity index (χ1) is 10.7. The van der Waals surface area contributed by atoms with Gasteiger partial charge in [-0.3, -0.25) is 4.98 Å².